The molecule has 0 aromatic carbocycles. The molecule has 2 saturated carbocycles. The van der Waals surface area contributed by atoms with E-state index in [0.717, 1.165) is 19.4 Å². The number of hydrogen-bond donors (Lipinski definition) is 2. The van der Waals surface area contributed by atoms with Crippen LogP contribution < -0.4 is 10.6 Å². The van der Waals surface area contributed by atoms with Gasteiger partial charge in [-0.2, -0.15) is 11.3 Å². The topological polar surface area (TPSA) is 41.1 Å². The molecule has 1 aromatic heterocycles. The fourth-order valence-corrected chi connectivity index (χ4v) is 4.52. The van der Waals surface area contributed by atoms with Crippen molar-refractivity contribution >= 4 is 17.4 Å². The van der Waals surface area contributed by atoms with Gasteiger partial charge in [0.15, 0.2) is 0 Å². The Hall–Kier alpha value is -1.03. The van der Waals surface area contributed by atoms with Crippen LogP contribution in [0, 0.1) is 0 Å². The van der Waals surface area contributed by atoms with Crippen LogP contribution in [0.5, 0.6) is 0 Å². The second-order valence-corrected chi connectivity index (χ2v) is 7.09. The van der Waals surface area contributed by atoms with Gasteiger partial charge >= 0.3 is 6.03 Å². The van der Waals surface area contributed by atoms with Crippen molar-refractivity contribution in [1.29, 1.82) is 0 Å². The first kappa shape index (κ1) is 13.9. The minimum absolute atomic E-state index is 0.0263. The van der Waals surface area contributed by atoms with E-state index in [9.17, 15) is 4.79 Å². The molecule has 2 fully saturated rings. The normalized spacial score (nSPS) is 22.0. The smallest absolute Gasteiger partial charge is 0.315 e. The number of carbonyl (C=O) groups is 1. The van der Waals surface area contributed by atoms with Gasteiger partial charge in [0.1, 0.15) is 0 Å². The highest BCUT2D eigenvalue weighted by atomic mass is 32.1. The molecule has 2 aliphatic carbocycles. The molecule has 0 bridgehead atoms. The van der Waals surface area contributed by atoms with E-state index in [0.29, 0.717) is 6.04 Å². The molecule has 0 saturated heterocycles. The number of rotatable bonds is 4. The van der Waals surface area contributed by atoms with Gasteiger partial charge in [0, 0.05) is 18.0 Å². The number of nitrogens with one attached hydrogen (secondary N) is 2. The molecular formula is C16H24N2OS. The summed E-state index contributed by atoms with van der Waals surface area (Å²) in [4.78, 5) is 12.0. The second-order valence-electron chi connectivity index (χ2n) is 6.31. The van der Waals surface area contributed by atoms with E-state index in [1.54, 1.807) is 11.3 Å². The van der Waals surface area contributed by atoms with Gasteiger partial charge in [-0.25, -0.2) is 4.79 Å². The maximum absolute atomic E-state index is 12.0. The van der Waals surface area contributed by atoms with Crippen LogP contribution in [0.2, 0.25) is 0 Å². The Morgan fingerprint density at radius 3 is 2.65 bits per heavy atom. The molecule has 2 N–H and O–H groups in total. The highest BCUT2D eigenvalue weighted by Gasteiger charge is 2.36. The van der Waals surface area contributed by atoms with Crippen LogP contribution in [0.4, 0.5) is 4.79 Å². The van der Waals surface area contributed by atoms with Crippen LogP contribution in [-0.4, -0.2) is 18.6 Å². The summed E-state index contributed by atoms with van der Waals surface area (Å²) >= 11 is 1.76. The molecular weight excluding hydrogens is 268 g/mol. The van der Waals surface area contributed by atoms with Crippen LogP contribution in [0.1, 0.15) is 56.9 Å². The van der Waals surface area contributed by atoms with Gasteiger partial charge < -0.3 is 10.6 Å². The van der Waals surface area contributed by atoms with E-state index < -0.39 is 0 Å². The molecule has 0 radical (unpaired) electrons. The Labute approximate surface area is 125 Å². The average molecular weight is 292 g/mol. The van der Waals surface area contributed by atoms with E-state index in [2.05, 4.69) is 27.5 Å². The van der Waals surface area contributed by atoms with Crippen LogP contribution in [-0.2, 0) is 5.41 Å². The van der Waals surface area contributed by atoms with Gasteiger partial charge in [-0.15, -0.1) is 0 Å². The summed E-state index contributed by atoms with van der Waals surface area (Å²) in [6.45, 7) is 0.780. The summed E-state index contributed by atoms with van der Waals surface area (Å²) in [6, 6.07) is 2.65. The Morgan fingerprint density at radius 1 is 1.25 bits per heavy atom. The minimum atomic E-state index is 0.0263. The van der Waals surface area contributed by atoms with Crippen molar-refractivity contribution in [3.05, 3.63) is 22.4 Å². The molecule has 2 aliphatic rings. The van der Waals surface area contributed by atoms with Gasteiger partial charge in [-0.05, 0) is 48.1 Å². The first-order valence-electron chi connectivity index (χ1n) is 7.86. The number of carbonyl (C=O) groups excluding carboxylic acids is 1. The van der Waals surface area contributed by atoms with Crippen molar-refractivity contribution < 1.29 is 4.79 Å². The van der Waals surface area contributed by atoms with Crippen molar-refractivity contribution in [1.82, 2.24) is 10.6 Å². The highest BCUT2D eigenvalue weighted by molar-refractivity contribution is 7.08. The number of thiophene rings is 1. The molecule has 1 aromatic rings. The fraction of sp³-hybridized carbons (Fsp3) is 0.688. The third-order valence-electron chi connectivity index (χ3n) is 4.97. The molecule has 2 amide bonds. The van der Waals surface area contributed by atoms with Gasteiger partial charge in [0.05, 0.1) is 0 Å². The maximum Gasteiger partial charge on any atom is 0.315 e. The fourth-order valence-electron chi connectivity index (χ4n) is 3.74. The van der Waals surface area contributed by atoms with Crippen LogP contribution in [0.3, 0.4) is 0 Å². The monoisotopic (exact) mass is 292 g/mol. The summed E-state index contributed by atoms with van der Waals surface area (Å²) in [7, 11) is 0. The van der Waals surface area contributed by atoms with Crippen molar-refractivity contribution in [2.45, 2.75) is 62.8 Å². The standard InChI is InChI=1S/C16H24N2OS/c19-15(18-14-5-1-2-6-14)17-12-16(8-3-4-9-16)13-7-10-20-11-13/h7,10-11,14H,1-6,8-9,12H2,(H2,17,18,19). The zero-order chi connectivity index (χ0) is 13.8. The molecule has 0 atom stereocenters. The van der Waals surface area contributed by atoms with Gasteiger partial charge in [0.2, 0.25) is 0 Å². The number of urea groups is 1. The highest BCUT2D eigenvalue weighted by Crippen LogP contribution is 2.41. The van der Waals surface area contributed by atoms with Gasteiger partial charge in [-0.3, -0.25) is 0 Å². The molecule has 4 heteroatoms. The minimum Gasteiger partial charge on any atom is -0.337 e. The predicted octanol–water partition coefficient (Wildman–Crippen LogP) is 3.80. The predicted molar refractivity (Wildman–Crippen MR) is 83.3 cm³/mol. The Morgan fingerprint density at radius 2 is 2.00 bits per heavy atom. The largest absolute Gasteiger partial charge is 0.337 e. The Bertz CT molecular complexity index is 431. The average Bonchev–Trinajstić information content (AvgIpc) is 3.18. The van der Waals surface area contributed by atoms with Crippen molar-refractivity contribution in [3.63, 3.8) is 0 Å². The lowest BCUT2D eigenvalue weighted by Crippen LogP contribution is -2.46. The van der Waals surface area contributed by atoms with Crippen molar-refractivity contribution in [2.24, 2.45) is 0 Å². The quantitative estimate of drug-likeness (QED) is 0.870. The van der Waals surface area contributed by atoms with E-state index in [4.69, 9.17) is 0 Å². The summed E-state index contributed by atoms with van der Waals surface area (Å²) < 4.78 is 0. The molecule has 3 nitrogen and oxygen atoms in total. The molecule has 0 aliphatic heterocycles. The molecule has 20 heavy (non-hydrogen) atoms. The molecule has 3 rings (SSSR count). The summed E-state index contributed by atoms with van der Waals surface area (Å²) in [5.74, 6) is 0. The van der Waals surface area contributed by atoms with Gasteiger partial charge in [-0.1, -0.05) is 25.7 Å². The van der Waals surface area contributed by atoms with Crippen molar-refractivity contribution in [2.75, 3.05) is 6.54 Å². The SMILES string of the molecule is O=C(NCC1(c2ccsc2)CCCC1)NC1CCCC1. The third-order valence-corrected chi connectivity index (χ3v) is 5.66. The number of amides is 2. The Kier molecular flexibility index (Phi) is 4.29. The third kappa shape index (κ3) is 3.00. The first-order chi connectivity index (χ1) is 9.78. The lowest BCUT2D eigenvalue weighted by Gasteiger charge is -2.29. The maximum atomic E-state index is 12.0. The van der Waals surface area contributed by atoms with E-state index >= 15 is 0 Å². The van der Waals surface area contributed by atoms with Crippen molar-refractivity contribution in [3.8, 4) is 0 Å². The molecule has 0 unspecified atom stereocenters. The number of hydrogen-bond acceptors (Lipinski definition) is 2. The molecule has 0 spiro atoms. The zero-order valence-corrected chi connectivity index (χ0v) is 12.8. The van der Waals surface area contributed by atoms with Crippen LogP contribution in [0.15, 0.2) is 16.8 Å². The summed E-state index contributed by atoms with van der Waals surface area (Å²) in [6.07, 6.45) is 9.75. The summed E-state index contributed by atoms with van der Waals surface area (Å²) in [5, 5.41) is 10.7. The van der Waals surface area contributed by atoms with Gasteiger partial charge in [0.25, 0.3) is 0 Å². The molecule has 110 valence electrons. The zero-order valence-electron chi connectivity index (χ0n) is 12.0. The van der Waals surface area contributed by atoms with E-state index in [1.807, 2.05) is 0 Å². The summed E-state index contributed by atoms with van der Waals surface area (Å²) in [5.41, 5.74) is 1.61. The van der Waals surface area contributed by atoms with Crippen LogP contribution in [0.25, 0.3) is 0 Å². The lowest BCUT2D eigenvalue weighted by atomic mass is 9.80. The lowest BCUT2D eigenvalue weighted by molar-refractivity contribution is 0.233. The second kappa shape index (κ2) is 6.17. The van der Waals surface area contributed by atoms with E-state index in [-0.39, 0.29) is 11.4 Å². The molecule has 1 heterocycles. The Balaban J connectivity index is 1.56. The van der Waals surface area contributed by atoms with Crippen LogP contribution >= 0.6 is 11.3 Å². The van der Waals surface area contributed by atoms with E-state index in [1.165, 1.54) is 44.1 Å². The first-order valence-corrected chi connectivity index (χ1v) is 8.80.